The Morgan fingerprint density at radius 2 is 1.88 bits per heavy atom. The van der Waals surface area contributed by atoms with E-state index < -0.39 is 0 Å². The van der Waals surface area contributed by atoms with Gasteiger partial charge in [-0.25, -0.2) is 0 Å². The van der Waals surface area contributed by atoms with E-state index in [1.54, 1.807) is 0 Å². The molecule has 1 atom stereocenters. The van der Waals surface area contributed by atoms with Crippen molar-refractivity contribution in [2.75, 3.05) is 39.8 Å². The lowest BCUT2D eigenvalue weighted by atomic mass is 10.1. The van der Waals surface area contributed by atoms with Crippen molar-refractivity contribution < 1.29 is 5.11 Å². The first-order valence-electron chi connectivity index (χ1n) is 6.77. The summed E-state index contributed by atoms with van der Waals surface area (Å²) >= 11 is 0. The first-order chi connectivity index (χ1) is 7.74. The summed E-state index contributed by atoms with van der Waals surface area (Å²) in [5.74, 6) is 0. The second kappa shape index (κ2) is 8.04. The molecule has 0 aromatic carbocycles. The number of rotatable bonds is 6. The summed E-state index contributed by atoms with van der Waals surface area (Å²) in [6, 6.07) is 0.699. The molecule has 1 heterocycles. The molecule has 0 aliphatic carbocycles. The number of hydrogen-bond donors (Lipinski definition) is 1. The first kappa shape index (κ1) is 13.9. The van der Waals surface area contributed by atoms with Crippen LogP contribution in [0.4, 0.5) is 0 Å². The summed E-state index contributed by atoms with van der Waals surface area (Å²) in [6.45, 7) is 7.63. The lowest BCUT2D eigenvalue weighted by Gasteiger charge is -2.27. The fourth-order valence-corrected chi connectivity index (χ4v) is 2.53. The molecule has 0 aromatic rings. The van der Waals surface area contributed by atoms with Crippen LogP contribution in [-0.4, -0.2) is 60.8 Å². The van der Waals surface area contributed by atoms with Gasteiger partial charge in [0.05, 0.1) is 0 Å². The van der Waals surface area contributed by atoms with E-state index >= 15 is 0 Å². The summed E-state index contributed by atoms with van der Waals surface area (Å²) in [7, 11) is 2.22. The van der Waals surface area contributed by atoms with Gasteiger partial charge >= 0.3 is 0 Å². The predicted molar refractivity (Wildman–Crippen MR) is 68.7 cm³/mol. The van der Waals surface area contributed by atoms with Crippen LogP contribution in [0.5, 0.6) is 0 Å². The van der Waals surface area contributed by atoms with E-state index in [9.17, 15) is 0 Å². The van der Waals surface area contributed by atoms with Crippen LogP contribution in [0.2, 0.25) is 0 Å². The van der Waals surface area contributed by atoms with Gasteiger partial charge in [0.1, 0.15) is 0 Å². The van der Waals surface area contributed by atoms with Gasteiger partial charge in [-0.2, -0.15) is 0 Å². The number of aliphatic hydroxyl groups is 1. The number of likely N-dealkylation sites (N-methyl/N-ethyl adjacent to an activating group) is 1. The smallest absolute Gasteiger partial charge is 0.0431 e. The van der Waals surface area contributed by atoms with Gasteiger partial charge < -0.3 is 10.0 Å². The van der Waals surface area contributed by atoms with E-state index in [-0.39, 0.29) is 0 Å². The van der Waals surface area contributed by atoms with Gasteiger partial charge in [0.25, 0.3) is 0 Å². The van der Waals surface area contributed by atoms with Crippen molar-refractivity contribution >= 4 is 0 Å². The SMILES string of the molecule is CC1CN(C)CCCN1CCCCCCO. The monoisotopic (exact) mass is 228 g/mol. The highest BCUT2D eigenvalue weighted by molar-refractivity contribution is 4.74. The van der Waals surface area contributed by atoms with E-state index in [0.29, 0.717) is 12.6 Å². The van der Waals surface area contributed by atoms with Gasteiger partial charge in [0, 0.05) is 19.2 Å². The van der Waals surface area contributed by atoms with Crippen LogP contribution in [0.25, 0.3) is 0 Å². The molecular formula is C13H28N2O. The van der Waals surface area contributed by atoms with Crippen molar-refractivity contribution in [2.45, 2.75) is 45.1 Å². The van der Waals surface area contributed by atoms with E-state index in [4.69, 9.17) is 5.11 Å². The van der Waals surface area contributed by atoms with E-state index in [1.807, 2.05) is 0 Å². The molecule has 16 heavy (non-hydrogen) atoms. The molecule has 1 saturated heterocycles. The van der Waals surface area contributed by atoms with Gasteiger partial charge in [-0.15, -0.1) is 0 Å². The van der Waals surface area contributed by atoms with Gasteiger partial charge in [-0.05, 0) is 52.9 Å². The Labute approximate surface area is 100 Å². The second-order valence-corrected chi connectivity index (χ2v) is 5.14. The molecule has 0 bridgehead atoms. The van der Waals surface area contributed by atoms with Crippen molar-refractivity contribution in [3.05, 3.63) is 0 Å². The first-order valence-corrected chi connectivity index (χ1v) is 6.77. The highest BCUT2D eigenvalue weighted by atomic mass is 16.2. The van der Waals surface area contributed by atoms with Crippen LogP contribution in [0.1, 0.15) is 39.0 Å². The molecule has 1 aliphatic rings. The summed E-state index contributed by atoms with van der Waals surface area (Å²) < 4.78 is 0. The molecule has 1 rings (SSSR count). The standard InChI is InChI=1S/C13H28N2O/c1-13-12-14(2)8-7-10-15(13)9-5-3-4-6-11-16/h13,16H,3-12H2,1-2H3. The average Bonchev–Trinajstić information content (AvgIpc) is 2.40. The Kier molecular flexibility index (Phi) is 7.01. The maximum absolute atomic E-state index is 8.71. The Bertz CT molecular complexity index is 175. The lowest BCUT2D eigenvalue weighted by molar-refractivity contribution is 0.197. The third-order valence-corrected chi connectivity index (χ3v) is 3.54. The van der Waals surface area contributed by atoms with Gasteiger partial charge in [0.2, 0.25) is 0 Å². The molecule has 0 spiro atoms. The summed E-state index contributed by atoms with van der Waals surface area (Å²) in [6.07, 6.45) is 6.00. The van der Waals surface area contributed by atoms with Gasteiger partial charge in [-0.1, -0.05) is 12.8 Å². The molecule has 0 radical (unpaired) electrons. The molecule has 0 saturated carbocycles. The Hall–Kier alpha value is -0.120. The number of unbranched alkanes of at least 4 members (excludes halogenated alkanes) is 3. The zero-order valence-electron chi connectivity index (χ0n) is 11.0. The summed E-state index contributed by atoms with van der Waals surface area (Å²) in [5, 5.41) is 8.71. The minimum absolute atomic E-state index is 0.352. The fraction of sp³-hybridized carbons (Fsp3) is 1.00. The van der Waals surface area contributed by atoms with Crippen molar-refractivity contribution in [3.8, 4) is 0 Å². The molecular weight excluding hydrogens is 200 g/mol. The maximum atomic E-state index is 8.71. The quantitative estimate of drug-likeness (QED) is 0.699. The molecule has 1 N–H and O–H groups in total. The molecule has 1 unspecified atom stereocenters. The minimum atomic E-state index is 0.352. The van der Waals surface area contributed by atoms with Gasteiger partial charge in [-0.3, -0.25) is 4.90 Å². The van der Waals surface area contributed by atoms with Crippen molar-refractivity contribution in [2.24, 2.45) is 0 Å². The molecule has 1 aliphatic heterocycles. The second-order valence-electron chi connectivity index (χ2n) is 5.14. The minimum Gasteiger partial charge on any atom is -0.396 e. The fourth-order valence-electron chi connectivity index (χ4n) is 2.53. The third kappa shape index (κ3) is 5.28. The van der Waals surface area contributed by atoms with Crippen molar-refractivity contribution in [1.82, 2.24) is 9.80 Å². The van der Waals surface area contributed by atoms with Crippen LogP contribution in [0, 0.1) is 0 Å². The largest absolute Gasteiger partial charge is 0.396 e. The molecule has 3 nitrogen and oxygen atoms in total. The topological polar surface area (TPSA) is 26.7 Å². The van der Waals surface area contributed by atoms with Crippen LogP contribution in [0.3, 0.4) is 0 Å². The normalized spacial score (nSPS) is 24.6. The van der Waals surface area contributed by atoms with Crippen LogP contribution in [-0.2, 0) is 0 Å². The Balaban J connectivity index is 2.14. The zero-order valence-corrected chi connectivity index (χ0v) is 11.0. The zero-order chi connectivity index (χ0) is 11.8. The third-order valence-electron chi connectivity index (χ3n) is 3.54. The van der Waals surface area contributed by atoms with Crippen molar-refractivity contribution in [3.63, 3.8) is 0 Å². The van der Waals surface area contributed by atoms with E-state index in [0.717, 1.165) is 6.42 Å². The number of nitrogens with zero attached hydrogens (tertiary/aromatic N) is 2. The maximum Gasteiger partial charge on any atom is 0.0431 e. The number of hydrogen-bond acceptors (Lipinski definition) is 3. The van der Waals surface area contributed by atoms with Crippen LogP contribution >= 0.6 is 0 Å². The van der Waals surface area contributed by atoms with Crippen LogP contribution in [0.15, 0.2) is 0 Å². The van der Waals surface area contributed by atoms with E-state index in [1.165, 1.54) is 51.9 Å². The summed E-state index contributed by atoms with van der Waals surface area (Å²) in [5.41, 5.74) is 0. The summed E-state index contributed by atoms with van der Waals surface area (Å²) in [4.78, 5) is 5.07. The van der Waals surface area contributed by atoms with Gasteiger partial charge in [0.15, 0.2) is 0 Å². The molecule has 3 heteroatoms. The predicted octanol–water partition coefficient (Wildman–Crippen LogP) is 1.57. The molecule has 96 valence electrons. The lowest BCUT2D eigenvalue weighted by Crippen LogP contribution is -2.38. The van der Waals surface area contributed by atoms with Crippen LogP contribution < -0.4 is 0 Å². The molecule has 0 amide bonds. The highest BCUT2D eigenvalue weighted by Gasteiger charge is 2.18. The van der Waals surface area contributed by atoms with E-state index in [2.05, 4.69) is 23.8 Å². The highest BCUT2D eigenvalue weighted by Crippen LogP contribution is 2.10. The Morgan fingerprint density at radius 3 is 2.62 bits per heavy atom. The average molecular weight is 228 g/mol. The molecule has 1 fully saturated rings. The van der Waals surface area contributed by atoms with Crippen molar-refractivity contribution in [1.29, 1.82) is 0 Å². The number of aliphatic hydroxyl groups excluding tert-OH is 1. The molecule has 0 aromatic heterocycles. The Morgan fingerprint density at radius 1 is 1.12 bits per heavy atom.